The largest absolute Gasteiger partial charge is 0.421 e. The maximum atomic E-state index is 12.5. The molecule has 2 N–H and O–H groups in total. The summed E-state index contributed by atoms with van der Waals surface area (Å²) >= 11 is 12.5. The highest BCUT2D eigenvalue weighted by Gasteiger charge is 2.15. The van der Waals surface area contributed by atoms with Crippen molar-refractivity contribution >= 4 is 67.5 Å². The summed E-state index contributed by atoms with van der Waals surface area (Å²) in [4.78, 5) is 36.6. The van der Waals surface area contributed by atoms with Gasteiger partial charge < -0.3 is 10.1 Å². The van der Waals surface area contributed by atoms with E-state index in [1.54, 1.807) is 66.7 Å². The van der Waals surface area contributed by atoms with Gasteiger partial charge >= 0.3 is 5.97 Å². The van der Waals surface area contributed by atoms with Gasteiger partial charge in [-0.3, -0.25) is 9.59 Å². The Morgan fingerprint density at radius 3 is 2.36 bits per heavy atom. The van der Waals surface area contributed by atoms with Gasteiger partial charge in [0, 0.05) is 20.6 Å². The topological polar surface area (TPSA) is 96.9 Å². The number of hydrazone groups is 1. The fourth-order valence-corrected chi connectivity index (χ4v) is 4.05. The molecular formula is C23H16Br2ClN3O4. The van der Waals surface area contributed by atoms with Crippen molar-refractivity contribution in [2.24, 2.45) is 5.10 Å². The molecule has 168 valence electrons. The standard InChI is InChI=1S/C23H16Br2ClN3O4/c24-17-10-16(21(19(25)11-17)33-23(32)15-4-2-1-3-5-15)12-28-29-20(30)13-27-22(31)14-6-8-18(26)9-7-14/h1-12H,13H2,(H,27,31)(H,29,30). The van der Waals surface area contributed by atoms with E-state index in [1.807, 2.05) is 0 Å². The molecule has 0 spiro atoms. The summed E-state index contributed by atoms with van der Waals surface area (Å²) in [7, 11) is 0. The number of hydrogen-bond acceptors (Lipinski definition) is 5. The molecule has 0 saturated heterocycles. The van der Waals surface area contributed by atoms with Crippen LogP contribution in [0.25, 0.3) is 0 Å². The summed E-state index contributed by atoms with van der Waals surface area (Å²) in [5.41, 5.74) is 3.52. The molecule has 3 rings (SSSR count). The second-order valence-corrected chi connectivity index (χ2v) is 8.75. The third-order valence-electron chi connectivity index (χ3n) is 4.15. The molecule has 0 aliphatic heterocycles. The lowest BCUT2D eigenvalue weighted by molar-refractivity contribution is -0.120. The second-order valence-electron chi connectivity index (χ2n) is 6.54. The smallest absolute Gasteiger partial charge is 0.343 e. The first-order chi connectivity index (χ1) is 15.8. The maximum Gasteiger partial charge on any atom is 0.343 e. The molecule has 0 unspecified atom stereocenters. The normalized spacial score (nSPS) is 10.6. The quantitative estimate of drug-likeness (QED) is 0.175. The summed E-state index contributed by atoms with van der Waals surface area (Å²) in [6, 6.07) is 18.2. The molecule has 0 bridgehead atoms. The van der Waals surface area contributed by atoms with Crippen molar-refractivity contribution in [2.75, 3.05) is 6.54 Å². The zero-order valence-electron chi connectivity index (χ0n) is 16.8. The number of rotatable bonds is 7. The van der Waals surface area contributed by atoms with E-state index in [0.29, 0.717) is 30.7 Å². The Labute approximate surface area is 211 Å². The lowest BCUT2D eigenvalue weighted by Gasteiger charge is -2.10. The van der Waals surface area contributed by atoms with Crippen LogP contribution in [0, 0.1) is 0 Å². The molecule has 0 radical (unpaired) electrons. The summed E-state index contributed by atoms with van der Waals surface area (Å²) in [6.07, 6.45) is 1.34. The Morgan fingerprint density at radius 2 is 1.67 bits per heavy atom. The minimum Gasteiger partial charge on any atom is -0.421 e. The number of esters is 1. The number of nitrogens with one attached hydrogen (secondary N) is 2. The minimum atomic E-state index is -0.540. The van der Waals surface area contributed by atoms with E-state index >= 15 is 0 Å². The molecule has 0 aliphatic rings. The van der Waals surface area contributed by atoms with Crippen LogP contribution in [-0.4, -0.2) is 30.5 Å². The van der Waals surface area contributed by atoms with Crippen molar-refractivity contribution in [3.63, 3.8) is 0 Å². The monoisotopic (exact) mass is 591 g/mol. The van der Waals surface area contributed by atoms with Gasteiger partial charge in [-0.1, -0.05) is 45.7 Å². The molecule has 0 fully saturated rings. The highest BCUT2D eigenvalue weighted by molar-refractivity contribution is 9.11. The van der Waals surface area contributed by atoms with Gasteiger partial charge in [-0.25, -0.2) is 10.2 Å². The fourth-order valence-electron chi connectivity index (χ4n) is 2.59. The van der Waals surface area contributed by atoms with Crippen LogP contribution in [0.1, 0.15) is 26.3 Å². The maximum absolute atomic E-state index is 12.5. The van der Waals surface area contributed by atoms with E-state index in [1.165, 1.54) is 6.21 Å². The highest BCUT2D eigenvalue weighted by atomic mass is 79.9. The van der Waals surface area contributed by atoms with Gasteiger partial charge in [0.05, 0.1) is 22.8 Å². The Morgan fingerprint density at radius 1 is 0.970 bits per heavy atom. The minimum absolute atomic E-state index is 0.237. The highest BCUT2D eigenvalue weighted by Crippen LogP contribution is 2.32. The molecule has 0 atom stereocenters. The van der Waals surface area contributed by atoms with Crippen molar-refractivity contribution in [3.8, 4) is 5.75 Å². The Balaban J connectivity index is 1.63. The number of halogens is 3. The molecule has 3 aromatic rings. The first kappa shape index (κ1) is 24.6. The molecular weight excluding hydrogens is 578 g/mol. The number of amides is 2. The van der Waals surface area contributed by atoms with Crippen molar-refractivity contribution in [3.05, 3.63) is 97.4 Å². The fraction of sp³-hybridized carbons (Fsp3) is 0.0435. The third-order valence-corrected chi connectivity index (χ3v) is 5.45. The van der Waals surface area contributed by atoms with Gasteiger partial charge in [-0.05, 0) is 64.5 Å². The summed E-state index contributed by atoms with van der Waals surface area (Å²) < 4.78 is 6.76. The van der Waals surface area contributed by atoms with E-state index in [-0.39, 0.29) is 12.3 Å². The second kappa shape index (κ2) is 11.7. The van der Waals surface area contributed by atoms with Crippen LogP contribution >= 0.6 is 43.5 Å². The van der Waals surface area contributed by atoms with Gasteiger partial charge in [0.25, 0.3) is 11.8 Å². The summed E-state index contributed by atoms with van der Waals surface area (Å²) in [5, 5.41) is 6.90. The van der Waals surface area contributed by atoms with Crippen LogP contribution in [0.2, 0.25) is 5.02 Å². The lowest BCUT2D eigenvalue weighted by Crippen LogP contribution is -2.34. The Hall–Kier alpha value is -3.01. The number of hydrogen-bond donors (Lipinski definition) is 2. The molecule has 3 aromatic carbocycles. The van der Waals surface area contributed by atoms with Crippen LogP contribution in [0.4, 0.5) is 0 Å². The number of benzene rings is 3. The van der Waals surface area contributed by atoms with E-state index in [9.17, 15) is 14.4 Å². The number of ether oxygens (including phenoxy) is 1. The summed E-state index contributed by atoms with van der Waals surface area (Å²) in [6.45, 7) is -0.281. The van der Waals surface area contributed by atoms with Gasteiger partial charge in [-0.15, -0.1) is 0 Å². The van der Waals surface area contributed by atoms with Gasteiger partial charge in [0.15, 0.2) is 5.75 Å². The zero-order valence-corrected chi connectivity index (χ0v) is 20.8. The molecule has 0 heterocycles. The van der Waals surface area contributed by atoms with Crippen LogP contribution in [-0.2, 0) is 4.79 Å². The molecule has 0 aliphatic carbocycles. The zero-order chi connectivity index (χ0) is 23.8. The number of carbonyl (C=O) groups is 3. The van der Waals surface area contributed by atoms with E-state index < -0.39 is 17.8 Å². The van der Waals surface area contributed by atoms with Crippen molar-refractivity contribution < 1.29 is 19.1 Å². The third kappa shape index (κ3) is 7.24. The molecule has 0 saturated carbocycles. The van der Waals surface area contributed by atoms with Crippen LogP contribution in [0.15, 0.2) is 80.8 Å². The molecule has 2 amide bonds. The SMILES string of the molecule is O=C(CNC(=O)c1ccc(Cl)cc1)NN=Cc1cc(Br)cc(Br)c1OC(=O)c1ccccc1. The number of carbonyl (C=O) groups excluding carboxylic acids is 3. The van der Waals surface area contributed by atoms with Crippen molar-refractivity contribution in [2.45, 2.75) is 0 Å². The van der Waals surface area contributed by atoms with Crippen LogP contribution < -0.4 is 15.5 Å². The van der Waals surface area contributed by atoms with E-state index in [2.05, 4.69) is 47.7 Å². The molecule has 7 nitrogen and oxygen atoms in total. The lowest BCUT2D eigenvalue weighted by atomic mass is 10.2. The van der Waals surface area contributed by atoms with E-state index in [4.69, 9.17) is 16.3 Å². The van der Waals surface area contributed by atoms with Crippen molar-refractivity contribution in [1.82, 2.24) is 10.7 Å². The van der Waals surface area contributed by atoms with Gasteiger partial charge in [0.1, 0.15) is 0 Å². The molecule has 33 heavy (non-hydrogen) atoms. The average molecular weight is 594 g/mol. The van der Waals surface area contributed by atoms with Crippen LogP contribution in [0.3, 0.4) is 0 Å². The van der Waals surface area contributed by atoms with Gasteiger partial charge in [0.2, 0.25) is 0 Å². The Kier molecular flexibility index (Phi) is 8.76. The predicted octanol–water partition coefficient (Wildman–Crippen LogP) is 4.96. The average Bonchev–Trinajstić information content (AvgIpc) is 2.80. The van der Waals surface area contributed by atoms with Gasteiger partial charge in [-0.2, -0.15) is 5.10 Å². The predicted molar refractivity (Wildman–Crippen MR) is 133 cm³/mol. The Bertz CT molecular complexity index is 1200. The molecule has 10 heteroatoms. The summed E-state index contributed by atoms with van der Waals surface area (Å²) in [5.74, 6) is -1.26. The first-order valence-corrected chi connectivity index (χ1v) is 11.4. The molecule has 0 aromatic heterocycles. The first-order valence-electron chi connectivity index (χ1n) is 9.45. The number of nitrogens with zero attached hydrogens (tertiary/aromatic N) is 1. The van der Waals surface area contributed by atoms with Crippen molar-refractivity contribution in [1.29, 1.82) is 0 Å². The van der Waals surface area contributed by atoms with Crippen LogP contribution in [0.5, 0.6) is 5.75 Å². The van der Waals surface area contributed by atoms with E-state index in [0.717, 1.165) is 0 Å².